The normalized spacial score (nSPS) is 18.7. The van der Waals surface area contributed by atoms with E-state index in [0.717, 1.165) is 17.9 Å². The maximum absolute atomic E-state index is 5.72. The van der Waals surface area contributed by atoms with Crippen LogP contribution >= 0.6 is 0 Å². The van der Waals surface area contributed by atoms with Crippen molar-refractivity contribution in [2.75, 3.05) is 6.61 Å². The summed E-state index contributed by atoms with van der Waals surface area (Å²) in [5, 5.41) is 0. The van der Waals surface area contributed by atoms with Gasteiger partial charge in [-0.3, -0.25) is 0 Å². The van der Waals surface area contributed by atoms with E-state index in [9.17, 15) is 0 Å². The Hall–Kier alpha value is -1.25. The number of hydrogen-bond acceptors (Lipinski definition) is 3. The third-order valence-corrected chi connectivity index (χ3v) is 2.45. The van der Waals surface area contributed by atoms with Crippen molar-refractivity contribution < 1.29 is 9.15 Å². The molecule has 16 heavy (non-hydrogen) atoms. The second-order valence-electron chi connectivity index (χ2n) is 5.38. The van der Waals surface area contributed by atoms with E-state index in [4.69, 9.17) is 9.15 Å². The molecule has 0 saturated carbocycles. The highest BCUT2D eigenvalue weighted by Gasteiger charge is 2.28. The average Bonchev–Trinajstić information content (AvgIpc) is 2.71. The Morgan fingerprint density at radius 2 is 2.12 bits per heavy atom. The first-order valence-corrected chi connectivity index (χ1v) is 5.78. The summed E-state index contributed by atoms with van der Waals surface area (Å²) in [6.45, 7) is 9.09. The molecule has 0 bridgehead atoms. The molecule has 0 radical (unpaired) electrons. The predicted octanol–water partition coefficient (Wildman–Crippen LogP) is 3.03. The molecule has 0 spiro atoms. The van der Waals surface area contributed by atoms with E-state index >= 15 is 0 Å². The van der Waals surface area contributed by atoms with Gasteiger partial charge in [0.05, 0.1) is 5.54 Å². The number of aliphatic imine (C=N–C) groups is 1. The Morgan fingerprint density at radius 3 is 2.69 bits per heavy atom. The van der Waals surface area contributed by atoms with Crippen LogP contribution in [0.15, 0.2) is 21.5 Å². The van der Waals surface area contributed by atoms with Crippen LogP contribution in [0.3, 0.4) is 0 Å². The first-order valence-electron chi connectivity index (χ1n) is 5.78. The van der Waals surface area contributed by atoms with E-state index in [2.05, 4.69) is 32.7 Å². The first kappa shape index (κ1) is 11.2. The molecule has 3 nitrogen and oxygen atoms in total. The maximum Gasteiger partial charge on any atom is 0.253 e. The van der Waals surface area contributed by atoms with Gasteiger partial charge in [0.1, 0.15) is 12.4 Å². The highest BCUT2D eigenvalue weighted by molar-refractivity contribution is 5.92. The van der Waals surface area contributed by atoms with E-state index in [-0.39, 0.29) is 5.54 Å². The van der Waals surface area contributed by atoms with Crippen molar-refractivity contribution in [3.05, 3.63) is 23.7 Å². The highest BCUT2D eigenvalue weighted by atomic mass is 16.5. The molecule has 0 unspecified atom stereocenters. The van der Waals surface area contributed by atoms with Gasteiger partial charge in [-0.25, -0.2) is 4.99 Å². The Balaban J connectivity index is 2.14. The number of ether oxygens (including phenoxy) is 1. The van der Waals surface area contributed by atoms with Gasteiger partial charge in [0.2, 0.25) is 0 Å². The van der Waals surface area contributed by atoms with Crippen LogP contribution in [0.25, 0.3) is 0 Å². The van der Waals surface area contributed by atoms with Gasteiger partial charge < -0.3 is 9.15 Å². The zero-order valence-corrected chi connectivity index (χ0v) is 10.4. The van der Waals surface area contributed by atoms with Gasteiger partial charge in [0, 0.05) is 6.42 Å². The lowest BCUT2D eigenvalue weighted by Gasteiger charge is -2.07. The molecule has 0 saturated heterocycles. The monoisotopic (exact) mass is 221 g/mol. The molecular formula is C13H19NO2. The van der Waals surface area contributed by atoms with Gasteiger partial charge in [-0.05, 0) is 31.9 Å². The van der Waals surface area contributed by atoms with Gasteiger partial charge in [-0.2, -0.15) is 0 Å². The first-order chi connectivity index (χ1) is 7.46. The van der Waals surface area contributed by atoms with Crippen molar-refractivity contribution in [3.63, 3.8) is 0 Å². The van der Waals surface area contributed by atoms with Gasteiger partial charge in [0.25, 0.3) is 5.90 Å². The highest BCUT2D eigenvalue weighted by Crippen LogP contribution is 2.22. The van der Waals surface area contributed by atoms with Crippen LogP contribution in [0.1, 0.15) is 39.2 Å². The molecule has 88 valence electrons. The summed E-state index contributed by atoms with van der Waals surface area (Å²) < 4.78 is 11.2. The van der Waals surface area contributed by atoms with Crippen molar-refractivity contribution in [2.45, 2.75) is 39.7 Å². The summed E-state index contributed by atoms with van der Waals surface area (Å²) >= 11 is 0. The molecule has 1 aromatic heterocycles. The van der Waals surface area contributed by atoms with Crippen LogP contribution in [-0.4, -0.2) is 18.0 Å². The third kappa shape index (κ3) is 2.46. The molecule has 2 heterocycles. The zero-order chi connectivity index (χ0) is 11.8. The molecule has 0 aliphatic carbocycles. The minimum Gasteiger partial charge on any atom is -0.473 e. The summed E-state index contributed by atoms with van der Waals surface area (Å²) in [6.07, 6.45) is 0.955. The van der Waals surface area contributed by atoms with Crippen molar-refractivity contribution in [1.29, 1.82) is 0 Å². The lowest BCUT2D eigenvalue weighted by Crippen LogP contribution is -2.17. The standard InChI is InChI=1S/C13H19NO2/c1-9(2)7-10-5-6-11(16-10)12-14-13(3,4)8-15-12/h5-6,9H,7-8H2,1-4H3. The SMILES string of the molecule is CC(C)Cc1ccc(C2=NC(C)(C)CO2)o1. The summed E-state index contributed by atoms with van der Waals surface area (Å²) in [5.74, 6) is 2.99. The molecule has 1 aliphatic heterocycles. The van der Waals surface area contributed by atoms with Crippen LogP contribution in [-0.2, 0) is 11.2 Å². The third-order valence-electron chi connectivity index (χ3n) is 2.45. The molecular weight excluding hydrogens is 202 g/mol. The van der Waals surface area contributed by atoms with E-state index in [1.54, 1.807) is 0 Å². The molecule has 2 rings (SSSR count). The van der Waals surface area contributed by atoms with E-state index in [0.29, 0.717) is 18.4 Å². The number of rotatable bonds is 3. The van der Waals surface area contributed by atoms with Crippen molar-refractivity contribution >= 4 is 5.90 Å². The van der Waals surface area contributed by atoms with Crippen LogP contribution in [0.4, 0.5) is 0 Å². The van der Waals surface area contributed by atoms with Gasteiger partial charge in [-0.1, -0.05) is 13.8 Å². The largest absolute Gasteiger partial charge is 0.473 e. The van der Waals surface area contributed by atoms with E-state index < -0.39 is 0 Å². The minimum absolute atomic E-state index is 0.125. The molecule has 0 amide bonds. The zero-order valence-electron chi connectivity index (χ0n) is 10.4. The lowest BCUT2D eigenvalue weighted by molar-refractivity contribution is 0.274. The van der Waals surface area contributed by atoms with E-state index in [1.165, 1.54) is 0 Å². The second kappa shape index (κ2) is 3.96. The Kier molecular flexibility index (Phi) is 2.78. The fraction of sp³-hybridized carbons (Fsp3) is 0.615. The Bertz CT molecular complexity index is 402. The maximum atomic E-state index is 5.72. The van der Waals surface area contributed by atoms with E-state index in [1.807, 2.05) is 12.1 Å². The van der Waals surface area contributed by atoms with Crippen LogP contribution < -0.4 is 0 Å². The molecule has 3 heteroatoms. The van der Waals surface area contributed by atoms with Crippen molar-refractivity contribution in [1.82, 2.24) is 0 Å². The second-order valence-corrected chi connectivity index (χ2v) is 5.38. The molecule has 0 N–H and O–H groups in total. The summed E-state index contributed by atoms with van der Waals surface area (Å²) in [4.78, 5) is 4.48. The average molecular weight is 221 g/mol. The Labute approximate surface area is 96.5 Å². The minimum atomic E-state index is -0.125. The van der Waals surface area contributed by atoms with Gasteiger partial charge in [0.15, 0.2) is 5.76 Å². The number of furan rings is 1. The molecule has 0 fully saturated rings. The van der Waals surface area contributed by atoms with Crippen LogP contribution in [0, 0.1) is 5.92 Å². The fourth-order valence-corrected chi connectivity index (χ4v) is 1.72. The number of nitrogens with zero attached hydrogens (tertiary/aromatic N) is 1. The van der Waals surface area contributed by atoms with Crippen LogP contribution in [0.5, 0.6) is 0 Å². The van der Waals surface area contributed by atoms with Crippen molar-refractivity contribution in [2.24, 2.45) is 10.9 Å². The predicted molar refractivity (Wildman–Crippen MR) is 63.8 cm³/mol. The van der Waals surface area contributed by atoms with Crippen LogP contribution in [0.2, 0.25) is 0 Å². The van der Waals surface area contributed by atoms with Gasteiger partial charge >= 0.3 is 0 Å². The smallest absolute Gasteiger partial charge is 0.253 e. The molecule has 1 aliphatic rings. The lowest BCUT2D eigenvalue weighted by atomic mass is 10.1. The Morgan fingerprint density at radius 1 is 1.38 bits per heavy atom. The number of hydrogen-bond donors (Lipinski definition) is 0. The molecule has 0 atom stereocenters. The summed E-state index contributed by atoms with van der Waals surface area (Å²) in [5.41, 5.74) is -0.125. The molecule has 1 aromatic rings. The fourth-order valence-electron chi connectivity index (χ4n) is 1.72. The molecule has 0 aromatic carbocycles. The summed E-state index contributed by atoms with van der Waals surface area (Å²) in [7, 11) is 0. The van der Waals surface area contributed by atoms with Gasteiger partial charge in [-0.15, -0.1) is 0 Å². The summed E-state index contributed by atoms with van der Waals surface area (Å²) in [6, 6.07) is 3.95. The quantitative estimate of drug-likeness (QED) is 0.786. The van der Waals surface area contributed by atoms with Crippen molar-refractivity contribution in [3.8, 4) is 0 Å². The topological polar surface area (TPSA) is 34.7 Å².